The molecule has 0 saturated carbocycles. The molecule has 0 radical (unpaired) electrons. The van der Waals surface area contributed by atoms with Crippen molar-refractivity contribution in [1.29, 1.82) is 0 Å². The van der Waals surface area contributed by atoms with Crippen LogP contribution in [0.3, 0.4) is 0 Å². The van der Waals surface area contributed by atoms with Crippen molar-refractivity contribution in [2.75, 3.05) is 7.11 Å². The minimum absolute atomic E-state index is 0.0161. The first-order valence-electron chi connectivity index (χ1n) is 5.22. The van der Waals surface area contributed by atoms with Gasteiger partial charge in [-0.15, -0.1) is 0 Å². The lowest BCUT2D eigenvalue weighted by Crippen LogP contribution is -2.05. The molecule has 17 heavy (non-hydrogen) atoms. The van der Waals surface area contributed by atoms with E-state index in [0.29, 0.717) is 12.1 Å². The summed E-state index contributed by atoms with van der Waals surface area (Å²) >= 11 is 0. The number of carbonyl (C=O) groups excluding carboxylic acids is 1. The van der Waals surface area contributed by atoms with Gasteiger partial charge in [0.05, 0.1) is 7.11 Å². The Balaban J connectivity index is 2.08. The molecule has 1 aromatic carbocycles. The molecule has 0 atom stereocenters. The Kier molecular flexibility index (Phi) is 3.45. The second-order valence-corrected chi connectivity index (χ2v) is 3.54. The lowest BCUT2D eigenvalue weighted by molar-refractivity contribution is 0.0988. The molecular formula is C13H12N2O2. The van der Waals surface area contributed by atoms with Crippen LogP contribution in [0.5, 0.6) is 5.75 Å². The third kappa shape index (κ3) is 2.87. The second kappa shape index (κ2) is 5.21. The van der Waals surface area contributed by atoms with Gasteiger partial charge in [-0.3, -0.25) is 4.79 Å². The van der Waals surface area contributed by atoms with Crippen molar-refractivity contribution in [3.05, 3.63) is 54.1 Å². The molecule has 0 unspecified atom stereocenters. The fraction of sp³-hybridized carbons (Fsp3) is 0.154. The lowest BCUT2D eigenvalue weighted by atomic mass is 10.1. The molecule has 0 spiro atoms. The summed E-state index contributed by atoms with van der Waals surface area (Å²) < 4.78 is 5.05. The number of aromatic nitrogens is 2. The van der Waals surface area contributed by atoms with Crippen LogP contribution in [0.15, 0.2) is 42.9 Å². The van der Waals surface area contributed by atoms with Crippen LogP contribution >= 0.6 is 0 Å². The molecule has 0 aliphatic rings. The Labute approximate surface area is 99.3 Å². The van der Waals surface area contributed by atoms with E-state index >= 15 is 0 Å². The van der Waals surface area contributed by atoms with Gasteiger partial charge in [-0.05, 0) is 23.8 Å². The van der Waals surface area contributed by atoms with Gasteiger partial charge in [0.25, 0.3) is 0 Å². The summed E-state index contributed by atoms with van der Waals surface area (Å²) in [5.41, 5.74) is 1.38. The standard InChI is InChI=1S/C13H12N2O2/c1-17-11-4-2-10(3-5-11)8-13(16)12-6-7-14-9-15-12/h2-7,9H,8H2,1H3. The molecule has 2 aromatic rings. The summed E-state index contributed by atoms with van der Waals surface area (Å²) in [5.74, 6) is 0.765. The maximum absolute atomic E-state index is 11.8. The van der Waals surface area contributed by atoms with Crippen molar-refractivity contribution in [1.82, 2.24) is 9.97 Å². The molecule has 0 aliphatic heterocycles. The highest BCUT2D eigenvalue weighted by atomic mass is 16.5. The predicted octanol–water partition coefficient (Wildman–Crippen LogP) is 1.91. The van der Waals surface area contributed by atoms with E-state index < -0.39 is 0 Å². The molecule has 86 valence electrons. The smallest absolute Gasteiger partial charge is 0.185 e. The first kappa shape index (κ1) is 11.3. The fourth-order valence-corrected chi connectivity index (χ4v) is 1.47. The molecule has 0 N–H and O–H groups in total. The molecule has 1 heterocycles. The average Bonchev–Trinajstić information content (AvgIpc) is 2.40. The van der Waals surface area contributed by atoms with Crippen LogP contribution < -0.4 is 4.74 Å². The maximum atomic E-state index is 11.8. The van der Waals surface area contributed by atoms with E-state index in [2.05, 4.69) is 9.97 Å². The second-order valence-electron chi connectivity index (χ2n) is 3.54. The lowest BCUT2D eigenvalue weighted by Gasteiger charge is -2.02. The van der Waals surface area contributed by atoms with E-state index in [9.17, 15) is 4.79 Å². The van der Waals surface area contributed by atoms with E-state index in [0.717, 1.165) is 11.3 Å². The summed E-state index contributed by atoms with van der Waals surface area (Å²) in [4.78, 5) is 19.5. The molecule has 0 aliphatic carbocycles. The van der Waals surface area contributed by atoms with Crippen LogP contribution in [0.4, 0.5) is 0 Å². The summed E-state index contributed by atoms with van der Waals surface area (Å²) in [5, 5.41) is 0. The first-order chi connectivity index (χ1) is 8.29. The molecule has 0 amide bonds. The maximum Gasteiger partial charge on any atom is 0.185 e. The number of hydrogen-bond donors (Lipinski definition) is 0. The highest BCUT2D eigenvalue weighted by molar-refractivity contribution is 5.95. The van der Waals surface area contributed by atoms with Crippen LogP contribution in [0.2, 0.25) is 0 Å². The van der Waals surface area contributed by atoms with Crippen LogP contribution in [-0.2, 0) is 6.42 Å². The van der Waals surface area contributed by atoms with E-state index in [1.807, 2.05) is 24.3 Å². The number of methoxy groups -OCH3 is 1. The van der Waals surface area contributed by atoms with Crippen molar-refractivity contribution < 1.29 is 9.53 Å². The zero-order valence-corrected chi connectivity index (χ0v) is 9.46. The summed E-state index contributed by atoms with van der Waals surface area (Å²) in [6.07, 6.45) is 3.27. The Hall–Kier alpha value is -2.23. The Bertz CT molecular complexity index is 495. The Morgan fingerprint density at radius 2 is 2.00 bits per heavy atom. The van der Waals surface area contributed by atoms with Crippen LogP contribution in [-0.4, -0.2) is 22.9 Å². The third-order valence-electron chi connectivity index (χ3n) is 2.39. The molecule has 0 fully saturated rings. The van der Waals surface area contributed by atoms with Crippen molar-refractivity contribution in [3.63, 3.8) is 0 Å². The minimum atomic E-state index is -0.0161. The first-order valence-corrected chi connectivity index (χ1v) is 5.22. The van der Waals surface area contributed by atoms with Gasteiger partial charge in [-0.25, -0.2) is 9.97 Å². The van der Waals surface area contributed by atoms with Gasteiger partial charge in [-0.2, -0.15) is 0 Å². The van der Waals surface area contributed by atoms with E-state index in [1.165, 1.54) is 6.33 Å². The Morgan fingerprint density at radius 1 is 1.24 bits per heavy atom. The third-order valence-corrected chi connectivity index (χ3v) is 2.39. The van der Waals surface area contributed by atoms with E-state index in [4.69, 9.17) is 4.74 Å². The number of ketones is 1. The number of nitrogens with zero attached hydrogens (tertiary/aromatic N) is 2. The zero-order valence-electron chi connectivity index (χ0n) is 9.46. The van der Waals surface area contributed by atoms with Gasteiger partial charge >= 0.3 is 0 Å². The van der Waals surface area contributed by atoms with Crippen molar-refractivity contribution in [2.45, 2.75) is 6.42 Å². The van der Waals surface area contributed by atoms with Crippen LogP contribution in [0.25, 0.3) is 0 Å². The largest absolute Gasteiger partial charge is 0.497 e. The molecule has 0 bridgehead atoms. The monoisotopic (exact) mass is 228 g/mol. The number of hydrogen-bond acceptors (Lipinski definition) is 4. The Morgan fingerprint density at radius 3 is 2.59 bits per heavy atom. The summed E-state index contributed by atoms with van der Waals surface area (Å²) in [6.45, 7) is 0. The van der Waals surface area contributed by atoms with E-state index in [1.54, 1.807) is 19.4 Å². The highest BCUT2D eigenvalue weighted by Crippen LogP contribution is 2.12. The fourth-order valence-electron chi connectivity index (χ4n) is 1.47. The SMILES string of the molecule is COc1ccc(CC(=O)c2ccncn2)cc1. The molecule has 2 rings (SSSR count). The number of Topliss-reactive ketones (excluding diaryl/α,β-unsaturated/α-hetero) is 1. The summed E-state index contributed by atoms with van der Waals surface area (Å²) in [6, 6.07) is 9.03. The molecule has 0 saturated heterocycles. The number of carbonyl (C=O) groups is 1. The quantitative estimate of drug-likeness (QED) is 0.750. The summed E-state index contributed by atoms with van der Waals surface area (Å²) in [7, 11) is 1.61. The van der Waals surface area contributed by atoms with Gasteiger partial charge < -0.3 is 4.74 Å². The van der Waals surface area contributed by atoms with Crippen LogP contribution in [0.1, 0.15) is 16.1 Å². The number of ether oxygens (including phenoxy) is 1. The molecular weight excluding hydrogens is 216 g/mol. The number of benzene rings is 1. The van der Waals surface area contributed by atoms with Gasteiger partial charge in [-0.1, -0.05) is 12.1 Å². The van der Waals surface area contributed by atoms with Crippen molar-refractivity contribution >= 4 is 5.78 Å². The zero-order chi connectivity index (χ0) is 12.1. The van der Waals surface area contributed by atoms with Gasteiger partial charge in [0.15, 0.2) is 5.78 Å². The van der Waals surface area contributed by atoms with Crippen molar-refractivity contribution in [2.24, 2.45) is 0 Å². The van der Waals surface area contributed by atoms with Gasteiger partial charge in [0.2, 0.25) is 0 Å². The van der Waals surface area contributed by atoms with Gasteiger partial charge in [0.1, 0.15) is 17.8 Å². The van der Waals surface area contributed by atoms with Crippen LogP contribution in [0, 0.1) is 0 Å². The number of rotatable bonds is 4. The average molecular weight is 228 g/mol. The van der Waals surface area contributed by atoms with E-state index in [-0.39, 0.29) is 5.78 Å². The minimum Gasteiger partial charge on any atom is -0.497 e. The molecule has 1 aromatic heterocycles. The highest BCUT2D eigenvalue weighted by Gasteiger charge is 2.07. The van der Waals surface area contributed by atoms with Gasteiger partial charge in [0, 0.05) is 12.6 Å². The van der Waals surface area contributed by atoms with Crippen molar-refractivity contribution in [3.8, 4) is 5.75 Å². The molecule has 4 nitrogen and oxygen atoms in total. The topological polar surface area (TPSA) is 52.1 Å². The normalized spacial score (nSPS) is 9.94. The molecule has 4 heteroatoms. The predicted molar refractivity (Wildman–Crippen MR) is 63.1 cm³/mol.